The van der Waals surface area contributed by atoms with Crippen molar-refractivity contribution in [3.05, 3.63) is 80.9 Å². The van der Waals surface area contributed by atoms with E-state index in [0.29, 0.717) is 6.54 Å². The standard InChI is InChI=1S/C18H17ClN2O3S/c19-17-4-2-1-3-15(17)13-25-12-11-20-18(22)10-7-14-5-8-16(9-6-14)21(23)24/h1-10H,11-13H2,(H,20,22)/b10-7+. The Morgan fingerprint density at radius 2 is 1.92 bits per heavy atom. The summed E-state index contributed by atoms with van der Waals surface area (Å²) >= 11 is 7.78. The van der Waals surface area contributed by atoms with Gasteiger partial charge in [0.2, 0.25) is 5.91 Å². The Morgan fingerprint density at radius 3 is 2.60 bits per heavy atom. The molecule has 0 saturated heterocycles. The molecule has 0 saturated carbocycles. The van der Waals surface area contributed by atoms with Crippen LogP contribution in [0.15, 0.2) is 54.6 Å². The summed E-state index contributed by atoms with van der Waals surface area (Å²) in [5, 5.41) is 14.1. The van der Waals surface area contributed by atoms with Gasteiger partial charge in [0.05, 0.1) is 4.92 Å². The third-order valence-electron chi connectivity index (χ3n) is 3.29. The van der Waals surface area contributed by atoms with Gasteiger partial charge >= 0.3 is 0 Å². The van der Waals surface area contributed by atoms with Gasteiger partial charge in [-0.15, -0.1) is 0 Å². The van der Waals surface area contributed by atoms with Gasteiger partial charge in [-0.25, -0.2) is 0 Å². The summed E-state index contributed by atoms with van der Waals surface area (Å²) in [6.07, 6.45) is 3.04. The topological polar surface area (TPSA) is 72.2 Å². The number of amides is 1. The summed E-state index contributed by atoms with van der Waals surface area (Å²) in [6, 6.07) is 13.7. The highest BCUT2D eigenvalue weighted by Gasteiger charge is 2.03. The van der Waals surface area contributed by atoms with Crippen LogP contribution in [-0.2, 0) is 10.5 Å². The first-order valence-corrected chi connectivity index (χ1v) is 9.11. The maximum Gasteiger partial charge on any atom is 0.269 e. The first-order valence-electron chi connectivity index (χ1n) is 7.58. The number of carbonyl (C=O) groups excluding carboxylic acids is 1. The van der Waals surface area contributed by atoms with Gasteiger partial charge in [0, 0.05) is 41.3 Å². The van der Waals surface area contributed by atoms with Crippen LogP contribution < -0.4 is 5.32 Å². The number of nitro groups is 1. The van der Waals surface area contributed by atoms with Crippen LogP contribution in [0.25, 0.3) is 6.08 Å². The van der Waals surface area contributed by atoms with Gasteiger partial charge in [-0.2, -0.15) is 11.8 Å². The molecule has 0 aliphatic heterocycles. The Hall–Kier alpha value is -2.31. The molecule has 0 aliphatic carbocycles. The molecule has 1 amide bonds. The number of non-ortho nitro benzene ring substituents is 1. The molecule has 130 valence electrons. The number of carbonyl (C=O) groups is 1. The van der Waals surface area contributed by atoms with Crippen molar-refractivity contribution in [3.63, 3.8) is 0 Å². The molecule has 0 aromatic heterocycles. The minimum Gasteiger partial charge on any atom is -0.352 e. The summed E-state index contributed by atoms with van der Waals surface area (Å²) < 4.78 is 0. The SMILES string of the molecule is O=C(/C=C/c1ccc([N+](=O)[O-])cc1)NCCSCc1ccccc1Cl. The lowest BCUT2D eigenvalue weighted by atomic mass is 10.2. The molecule has 0 radical (unpaired) electrons. The summed E-state index contributed by atoms with van der Waals surface area (Å²) in [7, 11) is 0. The molecule has 0 spiro atoms. The second-order valence-corrected chi connectivity index (χ2v) is 6.63. The van der Waals surface area contributed by atoms with E-state index in [4.69, 9.17) is 11.6 Å². The Bertz CT molecular complexity index is 763. The minimum atomic E-state index is -0.458. The summed E-state index contributed by atoms with van der Waals surface area (Å²) in [4.78, 5) is 21.9. The van der Waals surface area contributed by atoms with Crippen LogP contribution in [0.2, 0.25) is 5.02 Å². The molecular weight excluding hydrogens is 360 g/mol. The van der Waals surface area contributed by atoms with Gasteiger partial charge in [-0.1, -0.05) is 29.8 Å². The number of nitrogens with one attached hydrogen (secondary N) is 1. The van der Waals surface area contributed by atoms with Crippen molar-refractivity contribution in [3.8, 4) is 0 Å². The van der Waals surface area contributed by atoms with Gasteiger partial charge in [0.25, 0.3) is 5.69 Å². The number of hydrogen-bond acceptors (Lipinski definition) is 4. The zero-order valence-electron chi connectivity index (χ0n) is 13.4. The second-order valence-electron chi connectivity index (χ2n) is 5.12. The van der Waals surface area contributed by atoms with E-state index in [2.05, 4.69) is 5.32 Å². The molecule has 0 heterocycles. The molecular formula is C18H17ClN2O3S. The highest BCUT2D eigenvalue weighted by molar-refractivity contribution is 7.98. The van der Waals surface area contributed by atoms with Crippen LogP contribution in [0.5, 0.6) is 0 Å². The monoisotopic (exact) mass is 376 g/mol. The van der Waals surface area contributed by atoms with Crippen molar-refractivity contribution in [2.75, 3.05) is 12.3 Å². The van der Waals surface area contributed by atoms with Crippen molar-refractivity contribution in [1.29, 1.82) is 0 Å². The molecule has 0 bridgehead atoms. The predicted octanol–water partition coefficient (Wildman–Crippen LogP) is 4.31. The Labute approximate surface area is 155 Å². The van der Waals surface area contributed by atoms with E-state index in [1.54, 1.807) is 30.0 Å². The van der Waals surface area contributed by atoms with Gasteiger partial charge in [-0.3, -0.25) is 14.9 Å². The van der Waals surface area contributed by atoms with Crippen LogP contribution in [0.4, 0.5) is 5.69 Å². The molecule has 2 aromatic rings. The van der Waals surface area contributed by atoms with E-state index in [9.17, 15) is 14.9 Å². The number of nitrogens with zero attached hydrogens (tertiary/aromatic N) is 1. The molecule has 2 rings (SSSR count). The largest absolute Gasteiger partial charge is 0.352 e. The fourth-order valence-corrected chi connectivity index (χ4v) is 3.13. The lowest BCUT2D eigenvalue weighted by Gasteiger charge is -2.04. The predicted molar refractivity (Wildman–Crippen MR) is 103 cm³/mol. The molecule has 7 heteroatoms. The average molecular weight is 377 g/mol. The van der Waals surface area contributed by atoms with E-state index in [-0.39, 0.29) is 11.6 Å². The van der Waals surface area contributed by atoms with Gasteiger partial charge in [-0.05, 0) is 35.4 Å². The van der Waals surface area contributed by atoms with Gasteiger partial charge < -0.3 is 5.32 Å². The van der Waals surface area contributed by atoms with E-state index < -0.39 is 4.92 Å². The summed E-state index contributed by atoms with van der Waals surface area (Å²) in [5.74, 6) is 1.38. The normalized spacial score (nSPS) is 10.8. The maximum atomic E-state index is 11.7. The molecule has 0 fully saturated rings. The molecule has 25 heavy (non-hydrogen) atoms. The van der Waals surface area contributed by atoms with Crippen LogP contribution in [0.3, 0.4) is 0 Å². The van der Waals surface area contributed by atoms with Crippen molar-refractivity contribution >= 4 is 41.0 Å². The van der Waals surface area contributed by atoms with Crippen LogP contribution in [-0.4, -0.2) is 23.1 Å². The third kappa shape index (κ3) is 6.60. The highest BCUT2D eigenvalue weighted by atomic mass is 35.5. The first-order chi connectivity index (χ1) is 12.1. The molecule has 1 N–H and O–H groups in total. The van der Waals surface area contributed by atoms with Crippen LogP contribution >= 0.6 is 23.4 Å². The van der Waals surface area contributed by atoms with Crippen molar-refractivity contribution in [2.24, 2.45) is 0 Å². The fraction of sp³-hybridized carbons (Fsp3) is 0.167. The Morgan fingerprint density at radius 1 is 1.20 bits per heavy atom. The van der Waals surface area contributed by atoms with Gasteiger partial charge in [0.15, 0.2) is 0 Å². The lowest BCUT2D eigenvalue weighted by molar-refractivity contribution is -0.384. The van der Waals surface area contributed by atoms with Gasteiger partial charge in [0.1, 0.15) is 0 Å². The molecule has 2 aromatic carbocycles. The first kappa shape index (κ1) is 19.0. The van der Waals surface area contributed by atoms with Crippen molar-refractivity contribution in [1.82, 2.24) is 5.32 Å². The zero-order valence-corrected chi connectivity index (χ0v) is 14.9. The van der Waals surface area contributed by atoms with E-state index in [1.165, 1.54) is 18.2 Å². The van der Waals surface area contributed by atoms with Crippen molar-refractivity contribution in [2.45, 2.75) is 5.75 Å². The number of halogens is 1. The minimum absolute atomic E-state index is 0.0251. The van der Waals surface area contributed by atoms with Crippen LogP contribution in [0, 0.1) is 10.1 Å². The average Bonchev–Trinajstić information content (AvgIpc) is 2.61. The molecule has 0 unspecified atom stereocenters. The number of rotatable bonds is 8. The quantitative estimate of drug-likeness (QED) is 0.322. The van der Waals surface area contributed by atoms with E-state index in [0.717, 1.165) is 27.7 Å². The van der Waals surface area contributed by atoms with E-state index in [1.807, 2.05) is 24.3 Å². The molecule has 0 atom stereocenters. The Kier molecular flexibility index (Phi) is 7.50. The van der Waals surface area contributed by atoms with Crippen LogP contribution in [0.1, 0.15) is 11.1 Å². The number of hydrogen-bond donors (Lipinski definition) is 1. The summed E-state index contributed by atoms with van der Waals surface area (Å²) in [5.41, 5.74) is 1.84. The molecule has 5 nitrogen and oxygen atoms in total. The van der Waals surface area contributed by atoms with Crippen molar-refractivity contribution < 1.29 is 9.72 Å². The maximum absolute atomic E-state index is 11.7. The smallest absolute Gasteiger partial charge is 0.269 e. The fourth-order valence-electron chi connectivity index (χ4n) is 1.98. The summed E-state index contributed by atoms with van der Waals surface area (Å²) in [6.45, 7) is 0.554. The third-order valence-corrected chi connectivity index (χ3v) is 4.67. The lowest BCUT2D eigenvalue weighted by Crippen LogP contribution is -2.23. The zero-order chi connectivity index (χ0) is 18.1. The number of nitro benzene ring substituents is 1. The Balaban J connectivity index is 1.68. The van der Waals surface area contributed by atoms with E-state index >= 15 is 0 Å². The molecule has 0 aliphatic rings. The number of thioether (sulfide) groups is 1. The number of benzene rings is 2. The second kappa shape index (κ2) is 9.86. The highest BCUT2D eigenvalue weighted by Crippen LogP contribution is 2.20.